The van der Waals surface area contributed by atoms with Crippen LogP contribution in [0.1, 0.15) is 34.1 Å². The van der Waals surface area contributed by atoms with Gasteiger partial charge in [0, 0.05) is 37.8 Å². The molecular weight excluding hydrogens is 702 g/mol. The number of nitrogens with zero attached hydrogens (tertiary/aromatic N) is 1. The molecule has 3 heteroatoms. The van der Waals surface area contributed by atoms with Gasteiger partial charge in [0.1, 0.15) is 0 Å². The highest BCUT2D eigenvalue weighted by Crippen LogP contribution is 2.43. The molecule has 7 rings (SSSR count). The van der Waals surface area contributed by atoms with E-state index in [0.717, 1.165) is 26.0 Å². The largest absolute Gasteiger partial charge is 0.311 e. The third kappa shape index (κ3) is 7.02. The highest BCUT2D eigenvalue weighted by Gasteiger charge is 2.28. The Hall–Kier alpha value is -4.70. The van der Waals surface area contributed by atoms with E-state index < -0.39 is 0 Å². The summed E-state index contributed by atoms with van der Waals surface area (Å²) in [7, 11) is 0. The third-order valence-corrected chi connectivity index (χ3v) is 9.77. The molecule has 47 heavy (non-hydrogen) atoms. The maximum Gasteiger partial charge on any atom is 0.0462 e. The Balaban J connectivity index is 1.24. The Kier molecular flexibility index (Phi) is 9.46. The highest BCUT2D eigenvalue weighted by atomic mass is 79.9. The van der Waals surface area contributed by atoms with Crippen molar-refractivity contribution in [3.63, 3.8) is 0 Å². The first-order chi connectivity index (χ1) is 23.1. The second-order valence-electron chi connectivity index (χ2n) is 11.6. The van der Waals surface area contributed by atoms with Crippen molar-refractivity contribution in [2.24, 2.45) is 0 Å². The fourth-order valence-corrected chi connectivity index (χ4v) is 6.98. The van der Waals surface area contributed by atoms with Crippen molar-refractivity contribution < 1.29 is 0 Å². The molecule has 0 spiro atoms. The average molecular weight is 736 g/mol. The van der Waals surface area contributed by atoms with Crippen LogP contribution in [0.25, 0.3) is 11.1 Å². The molecule has 0 saturated heterocycles. The van der Waals surface area contributed by atoms with Crippen molar-refractivity contribution in [3.05, 3.63) is 219 Å². The molecule has 0 bridgehead atoms. The quantitative estimate of drug-likeness (QED) is 0.143. The molecular formula is C44H33Br2N. The fraction of sp³-hybridized carbons (Fsp3) is 0.0455. The van der Waals surface area contributed by atoms with E-state index in [1.807, 2.05) is 0 Å². The van der Waals surface area contributed by atoms with Crippen LogP contribution in [0.5, 0.6) is 0 Å². The van der Waals surface area contributed by atoms with E-state index in [4.69, 9.17) is 0 Å². The van der Waals surface area contributed by atoms with Crippen LogP contribution in [0.4, 0.5) is 17.1 Å². The van der Waals surface area contributed by atoms with Crippen LogP contribution in [-0.4, -0.2) is 0 Å². The van der Waals surface area contributed by atoms with E-state index >= 15 is 0 Å². The predicted molar refractivity (Wildman–Crippen MR) is 205 cm³/mol. The van der Waals surface area contributed by atoms with Crippen LogP contribution >= 0.6 is 31.9 Å². The van der Waals surface area contributed by atoms with Gasteiger partial charge in [0.05, 0.1) is 0 Å². The van der Waals surface area contributed by atoms with Gasteiger partial charge in [-0.1, -0.05) is 159 Å². The summed E-state index contributed by atoms with van der Waals surface area (Å²) in [6, 6.07) is 67.7. The van der Waals surface area contributed by atoms with Gasteiger partial charge in [-0.2, -0.15) is 0 Å². The lowest BCUT2D eigenvalue weighted by Gasteiger charge is -2.29. The Bertz CT molecular complexity index is 1920. The number of hydrogen-bond donors (Lipinski definition) is 0. The Morgan fingerprint density at radius 2 is 0.574 bits per heavy atom. The Labute approximate surface area is 294 Å². The maximum absolute atomic E-state index is 3.59. The normalized spacial score (nSPS) is 11.7. The second kappa shape index (κ2) is 14.4. The van der Waals surface area contributed by atoms with E-state index in [1.54, 1.807) is 0 Å². The van der Waals surface area contributed by atoms with Gasteiger partial charge in [-0.3, -0.25) is 0 Å². The summed E-state index contributed by atoms with van der Waals surface area (Å²) in [5.74, 6) is 0.330. The molecule has 1 unspecified atom stereocenters. The Morgan fingerprint density at radius 1 is 0.298 bits per heavy atom. The Morgan fingerprint density at radius 3 is 0.915 bits per heavy atom. The molecule has 0 saturated carbocycles. The number of halogens is 2. The van der Waals surface area contributed by atoms with Gasteiger partial charge in [0.15, 0.2) is 0 Å². The zero-order valence-corrected chi connectivity index (χ0v) is 28.9. The zero-order chi connectivity index (χ0) is 32.0. The van der Waals surface area contributed by atoms with E-state index in [9.17, 15) is 0 Å². The summed E-state index contributed by atoms with van der Waals surface area (Å²) in [5, 5.41) is 0. The standard InChI is InChI=1S/C44H33Br2N/c45-38-22-28-41(29-23-38)47(42-30-24-39(46)25-31-42)40-26-20-33(21-27-40)32-16-18-37(19-17-32)44(36-14-8-3-9-15-36)43(34-10-4-1-5-11-34)35-12-6-2-7-13-35/h1-31,43-44H. The van der Waals surface area contributed by atoms with Crippen molar-refractivity contribution in [1.29, 1.82) is 0 Å². The summed E-state index contributed by atoms with van der Waals surface area (Å²) >= 11 is 7.17. The zero-order valence-electron chi connectivity index (χ0n) is 25.8. The smallest absolute Gasteiger partial charge is 0.0462 e. The second-order valence-corrected chi connectivity index (χ2v) is 13.5. The van der Waals surface area contributed by atoms with E-state index in [-0.39, 0.29) is 11.8 Å². The molecule has 228 valence electrons. The van der Waals surface area contributed by atoms with Crippen molar-refractivity contribution in [2.45, 2.75) is 11.8 Å². The predicted octanol–water partition coefficient (Wildman–Crippen LogP) is 13.3. The molecule has 0 aromatic heterocycles. The van der Waals surface area contributed by atoms with E-state index in [1.165, 1.54) is 33.4 Å². The SMILES string of the molecule is Brc1ccc(N(c2ccc(Br)cc2)c2ccc(-c3ccc(C(c4ccccc4)C(c4ccccc4)c4ccccc4)cc3)cc2)cc1. The van der Waals surface area contributed by atoms with E-state index in [0.29, 0.717) is 0 Å². The van der Waals surface area contributed by atoms with Gasteiger partial charge in [0.2, 0.25) is 0 Å². The van der Waals surface area contributed by atoms with Crippen molar-refractivity contribution in [3.8, 4) is 11.1 Å². The highest BCUT2D eigenvalue weighted by molar-refractivity contribution is 9.10. The first-order valence-corrected chi connectivity index (χ1v) is 17.4. The lowest BCUT2D eigenvalue weighted by molar-refractivity contribution is 0.694. The molecule has 0 N–H and O–H groups in total. The third-order valence-electron chi connectivity index (χ3n) is 8.71. The summed E-state index contributed by atoms with van der Waals surface area (Å²) < 4.78 is 2.12. The monoisotopic (exact) mass is 733 g/mol. The minimum absolute atomic E-state index is 0.155. The molecule has 0 fully saturated rings. The molecule has 0 aliphatic heterocycles. The number of hydrogen-bond acceptors (Lipinski definition) is 1. The molecule has 7 aromatic rings. The minimum Gasteiger partial charge on any atom is -0.311 e. The lowest BCUT2D eigenvalue weighted by atomic mass is 9.73. The number of rotatable bonds is 9. The van der Waals surface area contributed by atoms with Crippen molar-refractivity contribution >= 4 is 48.9 Å². The molecule has 0 heterocycles. The maximum atomic E-state index is 3.59. The van der Waals surface area contributed by atoms with Gasteiger partial charge >= 0.3 is 0 Å². The minimum atomic E-state index is 0.155. The van der Waals surface area contributed by atoms with Gasteiger partial charge in [-0.15, -0.1) is 0 Å². The molecule has 0 amide bonds. The molecule has 7 aromatic carbocycles. The summed E-state index contributed by atoms with van der Waals surface area (Å²) in [6.07, 6.45) is 0. The van der Waals surface area contributed by atoms with Crippen LogP contribution in [0.15, 0.2) is 197 Å². The van der Waals surface area contributed by atoms with Crippen molar-refractivity contribution in [1.82, 2.24) is 0 Å². The molecule has 0 aliphatic rings. The van der Waals surface area contributed by atoms with Gasteiger partial charge < -0.3 is 4.90 Å². The van der Waals surface area contributed by atoms with Crippen LogP contribution in [0.2, 0.25) is 0 Å². The summed E-state index contributed by atoms with van der Waals surface area (Å²) in [6.45, 7) is 0. The summed E-state index contributed by atoms with van der Waals surface area (Å²) in [5.41, 5.74) is 10.9. The molecule has 1 nitrogen and oxygen atoms in total. The van der Waals surface area contributed by atoms with Crippen LogP contribution in [0, 0.1) is 0 Å². The lowest BCUT2D eigenvalue weighted by Crippen LogP contribution is -2.14. The fourth-order valence-electron chi connectivity index (χ4n) is 6.45. The van der Waals surface area contributed by atoms with Crippen LogP contribution in [0.3, 0.4) is 0 Å². The topological polar surface area (TPSA) is 3.24 Å². The van der Waals surface area contributed by atoms with Gasteiger partial charge in [-0.25, -0.2) is 0 Å². The van der Waals surface area contributed by atoms with Crippen LogP contribution < -0.4 is 4.90 Å². The average Bonchev–Trinajstić information content (AvgIpc) is 3.14. The first-order valence-electron chi connectivity index (χ1n) is 15.8. The van der Waals surface area contributed by atoms with Gasteiger partial charge in [-0.05, 0) is 94.0 Å². The number of benzene rings is 7. The van der Waals surface area contributed by atoms with E-state index in [2.05, 4.69) is 225 Å². The van der Waals surface area contributed by atoms with Crippen LogP contribution in [-0.2, 0) is 0 Å². The molecule has 0 aliphatic carbocycles. The van der Waals surface area contributed by atoms with Crippen molar-refractivity contribution in [2.75, 3.05) is 4.90 Å². The summed E-state index contributed by atoms with van der Waals surface area (Å²) in [4.78, 5) is 2.28. The molecule has 1 atom stereocenters. The first kappa shape index (κ1) is 30.9. The van der Waals surface area contributed by atoms with Gasteiger partial charge in [0.25, 0.3) is 0 Å². The molecule has 0 radical (unpaired) electrons. The number of anilines is 3.